The van der Waals surface area contributed by atoms with Gasteiger partial charge in [-0.15, -0.1) is 0 Å². The molecule has 0 aromatic carbocycles. The SMILES string of the molecule is Cn1nccc1S(=O)(=O)N(CCN)CC(F)(F)F. The predicted molar refractivity (Wildman–Crippen MR) is 57.1 cm³/mol. The second-order valence-electron chi connectivity index (χ2n) is 3.54. The molecule has 0 amide bonds. The molecule has 0 aliphatic heterocycles. The Kier molecular flexibility index (Phi) is 4.35. The van der Waals surface area contributed by atoms with Crippen molar-refractivity contribution >= 4 is 10.0 Å². The van der Waals surface area contributed by atoms with Crippen LogP contribution in [0.4, 0.5) is 13.2 Å². The number of nitrogens with two attached hydrogens (primary N) is 1. The first-order chi connectivity index (χ1) is 8.18. The minimum atomic E-state index is -4.62. The lowest BCUT2D eigenvalue weighted by molar-refractivity contribution is -0.136. The summed E-state index contributed by atoms with van der Waals surface area (Å²) < 4.78 is 62.3. The van der Waals surface area contributed by atoms with Crippen molar-refractivity contribution < 1.29 is 21.6 Å². The monoisotopic (exact) mass is 286 g/mol. The van der Waals surface area contributed by atoms with Gasteiger partial charge < -0.3 is 5.73 Å². The highest BCUT2D eigenvalue weighted by Crippen LogP contribution is 2.21. The fraction of sp³-hybridized carbons (Fsp3) is 0.625. The summed E-state index contributed by atoms with van der Waals surface area (Å²) >= 11 is 0. The van der Waals surface area contributed by atoms with Crippen LogP contribution in [0.2, 0.25) is 0 Å². The summed E-state index contributed by atoms with van der Waals surface area (Å²) in [6, 6.07) is 1.13. The molecule has 1 rings (SSSR count). The molecular weight excluding hydrogens is 273 g/mol. The van der Waals surface area contributed by atoms with Crippen LogP contribution in [0.25, 0.3) is 0 Å². The Morgan fingerprint density at radius 2 is 2.11 bits per heavy atom. The Balaban J connectivity index is 3.09. The van der Waals surface area contributed by atoms with Crippen LogP contribution in [-0.4, -0.2) is 48.3 Å². The standard InChI is InChI=1S/C8H13F3N4O2S/c1-14-7(2-4-13-14)18(16,17)15(5-3-12)6-8(9,10)11/h2,4H,3,5-6,12H2,1H3. The summed E-state index contributed by atoms with van der Waals surface area (Å²) in [5.41, 5.74) is 5.14. The van der Waals surface area contributed by atoms with Crippen molar-refractivity contribution in [2.24, 2.45) is 12.8 Å². The third-order valence-corrected chi connectivity index (χ3v) is 4.03. The Labute approximate surface area is 102 Å². The number of nitrogens with zero attached hydrogens (tertiary/aromatic N) is 3. The van der Waals surface area contributed by atoms with Gasteiger partial charge in [-0.2, -0.15) is 22.6 Å². The maximum absolute atomic E-state index is 12.3. The molecule has 0 aliphatic rings. The van der Waals surface area contributed by atoms with Gasteiger partial charge in [-0.05, 0) is 6.07 Å². The Morgan fingerprint density at radius 1 is 1.50 bits per heavy atom. The molecule has 0 aliphatic carbocycles. The highest BCUT2D eigenvalue weighted by Gasteiger charge is 2.37. The molecule has 0 radical (unpaired) electrons. The van der Waals surface area contributed by atoms with Crippen LogP contribution in [0.15, 0.2) is 17.3 Å². The number of aryl methyl sites for hydroxylation is 1. The van der Waals surface area contributed by atoms with Gasteiger partial charge in [0.25, 0.3) is 10.0 Å². The molecule has 0 atom stereocenters. The number of rotatable bonds is 5. The molecule has 1 aromatic rings. The molecule has 2 N–H and O–H groups in total. The summed E-state index contributed by atoms with van der Waals surface area (Å²) in [6.45, 7) is -2.18. The van der Waals surface area contributed by atoms with Crippen molar-refractivity contribution in [2.45, 2.75) is 11.2 Å². The van der Waals surface area contributed by atoms with Crippen LogP contribution >= 0.6 is 0 Å². The fourth-order valence-corrected chi connectivity index (χ4v) is 2.92. The first-order valence-electron chi connectivity index (χ1n) is 4.93. The van der Waals surface area contributed by atoms with E-state index >= 15 is 0 Å². The predicted octanol–water partition coefficient (Wildman–Crippen LogP) is -0.0682. The molecule has 0 fully saturated rings. The molecule has 18 heavy (non-hydrogen) atoms. The van der Waals surface area contributed by atoms with E-state index in [0.717, 1.165) is 10.7 Å². The fourth-order valence-electron chi connectivity index (χ4n) is 1.38. The van der Waals surface area contributed by atoms with E-state index in [1.54, 1.807) is 0 Å². The average Bonchev–Trinajstić information content (AvgIpc) is 2.62. The van der Waals surface area contributed by atoms with E-state index in [1.165, 1.54) is 13.2 Å². The van der Waals surface area contributed by atoms with Crippen molar-refractivity contribution in [3.05, 3.63) is 12.3 Å². The third kappa shape index (κ3) is 3.43. The lowest BCUT2D eigenvalue weighted by Crippen LogP contribution is -2.42. The van der Waals surface area contributed by atoms with E-state index in [9.17, 15) is 21.6 Å². The number of hydrogen-bond donors (Lipinski definition) is 1. The van der Waals surface area contributed by atoms with Gasteiger partial charge >= 0.3 is 6.18 Å². The Morgan fingerprint density at radius 3 is 2.50 bits per heavy atom. The van der Waals surface area contributed by atoms with Gasteiger partial charge in [-0.1, -0.05) is 0 Å². The van der Waals surface area contributed by atoms with Gasteiger partial charge in [0.2, 0.25) is 0 Å². The lowest BCUT2D eigenvalue weighted by atomic mass is 10.5. The molecular formula is C8H13F3N4O2S. The van der Waals surface area contributed by atoms with E-state index in [4.69, 9.17) is 5.73 Å². The van der Waals surface area contributed by atoms with Crippen molar-refractivity contribution in [1.29, 1.82) is 0 Å². The number of halogens is 3. The summed E-state index contributed by atoms with van der Waals surface area (Å²) in [4.78, 5) is 0. The van der Waals surface area contributed by atoms with E-state index in [1.807, 2.05) is 0 Å². The molecule has 0 spiro atoms. The van der Waals surface area contributed by atoms with Crippen molar-refractivity contribution in [2.75, 3.05) is 19.6 Å². The van der Waals surface area contributed by atoms with Crippen LogP contribution in [0.1, 0.15) is 0 Å². The number of sulfonamides is 1. The van der Waals surface area contributed by atoms with Gasteiger partial charge in [0, 0.05) is 20.1 Å². The second kappa shape index (κ2) is 5.24. The molecule has 0 unspecified atom stereocenters. The zero-order valence-electron chi connectivity index (χ0n) is 9.55. The largest absolute Gasteiger partial charge is 0.402 e. The number of aromatic nitrogens is 2. The van der Waals surface area contributed by atoms with Crippen LogP contribution in [-0.2, 0) is 17.1 Å². The van der Waals surface area contributed by atoms with Crippen molar-refractivity contribution in [1.82, 2.24) is 14.1 Å². The Hall–Kier alpha value is -1.13. The van der Waals surface area contributed by atoms with Crippen LogP contribution in [0.3, 0.4) is 0 Å². The lowest BCUT2D eigenvalue weighted by Gasteiger charge is -2.22. The van der Waals surface area contributed by atoms with E-state index in [2.05, 4.69) is 5.10 Å². The summed E-state index contributed by atoms with van der Waals surface area (Å²) in [5, 5.41) is 3.31. The van der Waals surface area contributed by atoms with E-state index in [0.29, 0.717) is 4.31 Å². The second-order valence-corrected chi connectivity index (χ2v) is 5.42. The topological polar surface area (TPSA) is 81.2 Å². The highest BCUT2D eigenvalue weighted by atomic mass is 32.2. The van der Waals surface area contributed by atoms with Gasteiger partial charge in [0.05, 0.1) is 6.20 Å². The summed E-state index contributed by atoms with van der Waals surface area (Å²) in [6.07, 6.45) is -3.43. The molecule has 0 saturated carbocycles. The summed E-state index contributed by atoms with van der Waals surface area (Å²) in [7, 11) is -2.92. The normalized spacial score (nSPS) is 13.2. The highest BCUT2D eigenvalue weighted by molar-refractivity contribution is 7.89. The molecule has 1 aromatic heterocycles. The molecule has 10 heteroatoms. The maximum Gasteiger partial charge on any atom is 0.402 e. The molecule has 6 nitrogen and oxygen atoms in total. The smallest absolute Gasteiger partial charge is 0.329 e. The van der Waals surface area contributed by atoms with E-state index < -0.39 is 29.3 Å². The molecule has 0 saturated heterocycles. The van der Waals surface area contributed by atoms with Gasteiger partial charge in [0.1, 0.15) is 6.54 Å². The van der Waals surface area contributed by atoms with Gasteiger partial charge in [-0.3, -0.25) is 4.68 Å². The third-order valence-electron chi connectivity index (χ3n) is 2.11. The molecule has 0 bridgehead atoms. The van der Waals surface area contributed by atoms with Crippen LogP contribution in [0.5, 0.6) is 0 Å². The van der Waals surface area contributed by atoms with E-state index in [-0.39, 0.29) is 11.6 Å². The number of alkyl halides is 3. The van der Waals surface area contributed by atoms with Gasteiger partial charge in [0.15, 0.2) is 5.03 Å². The average molecular weight is 286 g/mol. The molecule has 104 valence electrons. The van der Waals surface area contributed by atoms with Gasteiger partial charge in [-0.25, -0.2) is 8.42 Å². The zero-order valence-corrected chi connectivity index (χ0v) is 10.4. The van der Waals surface area contributed by atoms with Crippen LogP contribution < -0.4 is 5.73 Å². The van der Waals surface area contributed by atoms with Crippen molar-refractivity contribution in [3.63, 3.8) is 0 Å². The zero-order chi connectivity index (χ0) is 14.0. The molecule has 1 heterocycles. The van der Waals surface area contributed by atoms with Crippen LogP contribution in [0, 0.1) is 0 Å². The maximum atomic E-state index is 12.3. The first-order valence-corrected chi connectivity index (χ1v) is 6.37. The first kappa shape index (κ1) is 14.9. The van der Waals surface area contributed by atoms with Crippen molar-refractivity contribution in [3.8, 4) is 0 Å². The summed E-state index contributed by atoms with van der Waals surface area (Å²) in [5.74, 6) is 0. The quantitative estimate of drug-likeness (QED) is 0.821. The minimum absolute atomic E-state index is 0.201. The minimum Gasteiger partial charge on any atom is -0.329 e. The Bertz CT molecular complexity index is 497. The number of hydrogen-bond acceptors (Lipinski definition) is 4.